The van der Waals surface area contributed by atoms with E-state index in [0.717, 1.165) is 19.3 Å². The predicted molar refractivity (Wildman–Crippen MR) is 49.6 cm³/mol. The number of halogens is 5. The monoisotopic (exact) mass is 256 g/mol. The quantitative estimate of drug-likeness (QED) is 0.705. The maximum atomic E-state index is 12.7. The first-order valence-electron chi connectivity index (χ1n) is 5.69. The Hall–Kier alpha value is -0.680. The second-order valence-corrected chi connectivity index (χ2v) is 5.13. The average Bonchev–Trinajstić information content (AvgIpc) is 2.76. The summed E-state index contributed by atoms with van der Waals surface area (Å²) in [7, 11) is 0. The van der Waals surface area contributed by atoms with E-state index >= 15 is 0 Å². The van der Waals surface area contributed by atoms with E-state index in [1.54, 1.807) is 0 Å². The molecule has 6 heteroatoms. The van der Waals surface area contributed by atoms with E-state index in [0.29, 0.717) is 12.3 Å². The fourth-order valence-electron chi connectivity index (χ4n) is 3.15. The molecule has 0 radical (unpaired) electrons. The molecule has 3 unspecified atom stereocenters. The van der Waals surface area contributed by atoms with Gasteiger partial charge in [0.1, 0.15) is 0 Å². The minimum absolute atomic E-state index is 0.174. The molecule has 0 spiro atoms. The first-order valence-corrected chi connectivity index (χ1v) is 5.69. The van der Waals surface area contributed by atoms with Crippen LogP contribution < -0.4 is 0 Å². The maximum Gasteiger partial charge on any atom is 0.461 e. The van der Waals surface area contributed by atoms with Crippen molar-refractivity contribution in [2.45, 2.75) is 44.2 Å². The molecule has 2 fully saturated rings. The molecule has 1 nitrogen and oxygen atoms in total. The van der Waals surface area contributed by atoms with E-state index < -0.39 is 24.3 Å². The fourth-order valence-corrected chi connectivity index (χ4v) is 3.15. The standard InChI is InChI=1S/C11H13F5O/c12-10(13,11(14,15)16)9(17)5-8-4-6-1-2-7(8)3-6/h6-8H,1-5H2. The number of rotatable bonds is 3. The molecule has 0 amide bonds. The lowest BCUT2D eigenvalue weighted by Gasteiger charge is -2.24. The summed E-state index contributed by atoms with van der Waals surface area (Å²) in [6.45, 7) is 0. The lowest BCUT2D eigenvalue weighted by molar-refractivity contribution is -0.269. The van der Waals surface area contributed by atoms with Crippen molar-refractivity contribution in [3.8, 4) is 0 Å². The Morgan fingerprint density at radius 3 is 2.12 bits per heavy atom. The van der Waals surface area contributed by atoms with Crippen LogP contribution >= 0.6 is 0 Å². The van der Waals surface area contributed by atoms with E-state index in [-0.39, 0.29) is 11.8 Å². The van der Waals surface area contributed by atoms with Gasteiger partial charge in [-0.25, -0.2) is 0 Å². The first kappa shape index (κ1) is 12.8. The van der Waals surface area contributed by atoms with Gasteiger partial charge in [0, 0.05) is 6.42 Å². The lowest BCUT2D eigenvalue weighted by Crippen LogP contribution is -2.45. The summed E-state index contributed by atoms with van der Waals surface area (Å²) in [5, 5.41) is 0. The summed E-state index contributed by atoms with van der Waals surface area (Å²) >= 11 is 0. The first-order chi connectivity index (χ1) is 7.72. The highest BCUT2D eigenvalue weighted by Crippen LogP contribution is 2.50. The van der Waals surface area contributed by atoms with E-state index in [1.165, 1.54) is 0 Å². The Labute approximate surface area is 95.4 Å². The molecule has 0 aromatic heterocycles. The second kappa shape index (κ2) is 3.92. The minimum atomic E-state index is -5.76. The Kier molecular flexibility index (Phi) is 2.94. The van der Waals surface area contributed by atoms with Crippen molar-refractivity contribution in [2.75, 3.05) is 0 Å². The SMILES string of the molecule is O=C(CC1CC2CCC1C2)C(F)(F)C(F)(F)F. The van der Waals surface area contributed by atoms with Gasteiger partial charge in [0.2, 0.25) is 5.78 Å². The summed E-state index contributed by atoms with van der Waals surface area (Å²) in [6.07, 6.45) is -3.00. The Bertz CT molecular complexity index is 322. The van der Waals surface area contributed by atoms with Crippen LogP contribution in [0.3, 0.4) is 0 Å². The molecule has 0 aromatic rings. The van der Waals surface area contributed by atoms with Crippen molar-refractivity contribution in [3.63, 3.8) is 0 Å². The van der Waals surface area contributed by atoms with Crippen LogP contribution in [0.25, 0.3) is 0 Å². The van der Waals surface area contributed by atoms with Gasteiger partial charge in [-0.1, -0.05) is 6.42 Å². The number of hydrogen-bond donors (Lipinski definition) is 0. The molecule has 98 valence electrons. The molecule has 2 saturated carbocycles. The summed E-state index contributed by atoms with van der Waals surface area (Å²) in [6, 6.07) is 0. The normalized spacial score (nSPS) is 33.1. The molecule has 2 rings (SSSR count). The van der Waals surface area contributed by atoms with Crippen LogP contribution in [0.1, 0.15) is 32.1 Å². The van der Waals surface area contributed by atoms with E-state index in [9.17, 15) is 26.7 Å². The minimum Gasteiger partial charge on any atom is -0.293 e. The Morgan fingerprint density at radius 2 is 1.71 bits per heavy atom. The molecule has 2 bridgehead atoms. The van der Waals surface area contributed by atoms with E-state index in [2.05, 4.69) is 0 Å². The topological polar surface area (TPSA) is 17.1 Å². The molecule has 3 atom stereocenters. The predicted octanol–water partition coefficient (Wildman–Crippen LogP) is 3.58. The highest BCUT2D eigenvalue weighted by atomic mass is 19.4. The molecular formula is C11H13F5O. The van der Waals surface area contributed by atoms with Crippen LogP contribution in [-0.4, -0.2) is 17.9 Å². The zero-order chi connectivity index (χ0) is 12.8. The van der Waals surface area contributed by atoms with Crippen molar-refractivity contribution in [1.29, 1.82) is 0 Å². The number of hydrogen-bond acceptors (Lipinski definition) is 1. The smallest absolute Gasteiger partial charge is 0.293 e. The third kappa shape index (κ3) is 2.18. The third-order valence-corrected chi connectivity index (χ3v) is 4.04. The van der Waals surface area contributed by atoms with Crippen LogP contribution in [0.2, 0.25) is 0 Å². The summed E-state index contributed by atoms with van der Waals surface area (Å²) in [5.74, 6) is -6.82. The Morgan fingerprint density at radius 1 is 1.06 bits per heavy atom. The van der Waals surface area contributed by atoms with Crippen LogP contribution in [0.4, 0.5) is 22.0 Å². The summed E-state index contributed by atoms with van der Waals surface area (Å²) in [5.41, 5.74) is 0. The second-order valence-electron chi connectivity index (χ2n) is 5.13. The van der Waals surface area contributed by atoms with Gasteiger partial charge in [-0.15, -0.1) is 0 Å². The van der Waals surface area contributed by atoms with Crippen LogP contribution in [0.15, 0.2) is 0 Å². The van der Waals surface area contributed by atoms with Gasteiger partial charge < -0.3 is 0 Å². The average molecular weight is 256 g/mol. The molecule has 0 aromatic carbocycles. The van der Waals surface area contributed by atoms with Gasteiger partial charge in [0.05, 0.1) is 0 Å². The van der Waals surface area contributed by atoms with E-state index in [4.69, 9.17) is 0 Å². The number of fused-ring (bicyclic) bond motifs is 2. The zero-order valence-corrected chi connectivity index (χ0v) is 9.07. The van der Waals surface area contributed by atoms with Crippen molar-refractivity contribution in [2.24, 2.45) is 17.8 Å². The van der Waals surface area contributed by atoms with Gasteiger partial charge >= 0.3 is 12.1 Å². The molecule has 0 aliphatic heterocycles. The third-order valence-electron chi connectivity index (χ3n) is 4.04. The van der Waals surface area contributed by atoms with E-state index in [1.807, 2.05) is 0 Å². The Balaban J connectivity index is 1.98. The zero-order valence-electron chi connectivity index (χ0n) is 9.07. The number of carbonyl (C=O) groups excluding carboxylic acids is 1. The van der Waals surface area contributed by atoms with Crippen LogP contribution in [0, 0.1) is 17.8 Å². The molecule has 0 N–H and O–H groups in total. The van der Waals surface area contributed by atoms with Gasteiger partial charge in [-0.3, -0.25) is 4.79 Å². The molecule has 2 aliphatic rings. The molecular weight excluding hydrogens is 243 g/mol. The molecule has 17 heavy (non-hydrogen) atoms. The van der Waals surface area contributed by atoms with Crippen LogP contribution in [-0.2, 0) is 4.79 Å². The number of ketones is 1. The van der Waals surface area contributed by atoms with Gasteiger partial charge in [-0.05, 0) is 37.0 Å². The van der Waals surface area contributed by atoms with Crippen molar-refractivity contribution in [1.82, 2.24) is 0 Å². The van der Waals surface area contributed by atoms with Crippen molar-refractivity contribution < 1.29 is 26.7 Å². The van der Waals surface area contributed by atoms with Crippen LogP contribution in [0.5, 0.6) is 0 Å². The molecule has 0 heterocycles. The maximum absolute atomic E-state index is 12.7. The molecule has 2 aliphatic carbocycles. The lowest BCUT2D eigenvalue weighted by atomic mass is 9.84. The van der Waals surface area contributed by atoms with Crippen molar-refractivity contribution in [3.05, 3.63) is 0 Å². The van der Waals surface area contributed by atoms with Gasteiger partial charge in [-0.2, -0.15) is 22.0 Å². The highest BCUT2D eigenvalue weighted by molar-refractivity contribution is 5.86. The number of carbonyl (C=O) groups is 1. The summed E-state index contributed by atoms with van der Waals surface area (Å²) < 4.78 is 61.4. The largest absolute Gasteiger partial charge is 0.461 e. The fraction of sp³-hybridized carbons (Fsp3) is 0.909. The van der Waals surface area contributed by atoms with Crippen molar-refractivity contribution >= 4 is 5.78 Å². The summed E-state index contributed by atoms with van der Waals surface area (Å²) in [4.78, 5) is 11.1. The number of alkyl halides is 5. The number of Topliss-reactive ketones (excluding diaryl/α,β-unsaturated/α-hetero) is 1. The molecule has 0 saturated heterocycles. The van der Waals surface area contributed by atoms with Gasteiger partial charge in [0.15, 0.2) is 0 Å². The van der Waals surface area contributed by atoms with Gasteiger partial charge in [0.25, 0.3) is 0 Å². The highest BCUT2D eigenvalue weighted by Gasteiger charge is 2.63.